The Kier molecular flexibility index (Phi) is 3.21. The van der Waals surface area contributed by atoms with Crippen LogP contribution in [0.3, 0.4) is 0 Å². The maximum absolute atomic E-state index is 12.3. The molecule has 1 aliphatic rings. The van der Waals surface area contributed by atoms with E-state index >= 15 is 0 Å². The van der Waals surface area contributed by atoms with E-state index in [2.05, 4.69) is 5.16 Å². The molecule has 5 nitrogen and oxygen atoms in total. The number of nitrogens with zero attached hydrogens (tertiary/aromatic N) is 2. The van der Waals surface area contributed by atoms with Gasteiger partial charge in [0.25, 0.3) is 0 Å². The Morgan fingerprint density at radius 3 is 2.42 bits per heavy atom. The molecule has 1 fully saturated rings. The van der Waals surface area contributed by atoms with Crippen LogP contribution in [0.25, 0.3) is 0 Å². The fraction of sp³-hybridized carbons (Fsp3) is 0.714. The first kappa shape index (κ1) is 14.1. The van der Waals surface area contributed by atoms with Crippen LogP contribution in [0.4, 0.5) is 0 Å². The summed E-state index contributed by atoms with van der Waals surface area (Å²) in [6, 6.07) is 0. The van der Waals surface area contributed by atoms with Gasteiger partial charge in [-0.1, -0.05) is 19.0 Å². The molecule has 1 atom stereocenters. The predicted molar refractivity (Wildman–Crippen MR) is 70.7 cm³/mol. The minimum atomic E-state index is -0.846. The molecule has 19 heavy (non-hydrogen) atoms. The van der Waals surface area contributed by atoms with Crippen LogP contribution in [0.2, 0.25) is 0 Å². The molecular formula is C14H22N2O3. The van der Waals surface area contributed by atoms with Crippen molar-refractivity contribution in [3.05, 3.63) is 17.0 Å². The number of likely N-dealkylation sites (tertiary alicyclic amines) is 1. The number of β-amino-alcohol motifs (C(OH)–C–C–N with tert-alkyl or cyclic N) is 1. The summed E-state index contributed by atoms with van der Waals surface area (Å²) in [5, 5.41) is 14.2. The number of carbonyl (C=O) groups excluding carboxylic acids is 1. The molecule has 1 aromatic rings. The minimum absolute atomic E-state index is 0.0141. The molecule has 1 aliphatic heterocycles. The van der Waals surface area contributed by atoms with Gasteiger partial charge in [-0.05, 0) is 20.8 Å². The average molecular weight is 266 g/mol. The van der Waals surface area contributed by atoms with Gasteiger partial charge in [-0.2, -0.15) is 0 Å². The monoisotopic (exact) mass is 266 g/mol. The quantitative estimate of drug-likeness (QED) is 0.880. The summed E-state index contributed by atoms with van der Waals surface area (Å²) in [7, 11) is 0. The van der Waals surface area contributed by atoms with Gasteiger partial charge in [0.1, 0.15) is 5.76 Å². The van der Waals surface area contributed by atoms with E-state index in [1.807, 2.05) is 27.7 Å². The fourth-order valence-corrected chi connectivity index (χ4v) is 2.48. The summed E-state index contributed by atoms with van der Waals surface area (Å²) < 4.78 is 5.07. The molecule has 1 N–H and O–H groups in total. The molecule has 0 aliphatic carbocycles. The van der Waals surface area contributed by atoms with Gasteiger partial charge >= 0.3 is 0 Å². The van der Waals surface area contributed by atoms with Gasteiger partial charge in [-0.3, -0.25) is 4.79 Å². The van der Waals surface area contributed by atoms with E-state index in [-0.39, 0.29) is 17.7 Å². The Morgan fingerprint density at radius 1 is 1.37 bits per heavy atom. The molecular weight excluding hydrogens is 244 g/mol. The normalized spacial score (nSPS) is 25.9. The lowest BCUT2D eigenvalue weighted by atomic mass is 9.79. The molecule has 0 aromatic carbocycles. The van der Waals surface area contributed by atoms with Gasteiger partial charge in [0.2, 0.25) is 5.91 Å². The number of aromatic nitrogens is 1. The average Bonchev–Trinajstić information content (AvgIpc) is 2.69. The van der Waals surface area contributed by atoms with Crippen LogP contribution in [0, 0.1) is 19.3 Å². The SMILES string of the molecule is Cc1noc(C)c1CC(=O)N1CC(C)(C)[C@@](C)(O)C1. The largest absolute Gasteiger partial charge is 0.388 e. The second-order valence-corrected chi connectivity index (χ2v) is 6.39. The van der Waals surface area contributed by atoms with Crippen LogP contribution < -0.4 is 0 Å². The van der Waals surface area contributed by atoms with Crippen molar-refractivity contribution >= 4 is 5.91 Å². The van der Waals surface area contributed by atoms with E-state index in [4.69, 9.17) is 4.52 Å². The minimum Gasteiger partial charge on any atom is -0.388 e. The summed E-state index contributed by atoms with van der Waals surface area (Å²) in [6.07, 6.45) is 0.285. The number of aliphatic hydroxyl groups is 1. The van der Waals surface area contributed by atoms with Crippen molar-refractivity contribution in [2.75, 3.05) is 13.1 Å². The third kappa shape index (κ3) is 2.39. The predicted octanol–water partition coefficient (Wildman–Crippen LogP) is 1.45. The molecule has 0 bridgehead atoms. The summed E-state index contributed by atoms with van der Waals surface area (Å²) in [6.45, 7) is 10.4. The Labute approximate surface area is 113 Å². The van der Waals surface area contributed by atoms with Gasteiger partial charge in [0.15, 0.2) is 0 Å². The van der Waals surface area contributed by atoms with E-state index in [1.165, 1.54) is 0 Å². The zero-order valence-electron chi connectivity index (χ0n) is 12.3. The number of hydrogen-bond acceptors (Lipinski definition) is 4. The van der Waals surface area contributed by atoms with Crippen molar-refractivity contribution in [3.63, 3.8) is 0 Å². The van der Waals surface area contributed by atoms with Crippen LogP contribution >= 0.6 is 0 Å². The summed E-state index contributed by atoms with van der Waals surface area (Å²) in [5.41, 5.74) is 0.480. The van der Waals surface area contributed by atoms with Crippen molar-refractivity contribution in [2.24, 2.45) is 5.41 Å². The summed E-state index contributed by atoms with van der Waals surface area (Å²) in [4.78, 5) is 14.1. The van der Waals surface area contributed by atoms with Crippen LogP contribution in [-0.4, -0.2) is 39.8 Å². The van der Waals surface area contributed by atoms with E-state index < -0.39 is 5.60 Å². The van der Waals surface area contributed by atoms with E-state index in [0.717, 1.165) is 11.3 Å². The smallest absolute Gasteiger partial charge is 0.227 e. The first-order valence-corrected chi connectivity index (χ1v) is 6.56. The number of carbonyl (C=O) groups is 1. The maximum atomic E-state index is 12.3. The lowest BCUT2D eigenvalue weighted by molar-refractivity contribution is -0.130. The fourth-order valence-electron chi connectivity index (χ4n) is 2.48. The highest BCUT2D eigenvalue weighted by atomic mass is 16.5. The van der Waals surface area contributed by atoms with Crippen LogP contribution in [0.1, 0.15) is 37.8 Å². The Bertz CT molecular complexity index is 467. The molecule has 0 saturated carbocycles. The standard InChI is InChI=1S/C14H22N2O3/c1-9-11(10(2)19-15-9)6-12(17)16-7-13(3,4)14(5,18)8-16/h18H,6-8H2,1-5H3/t14-/m0/s1. The lowest BCUT2D eigenvalue weighted by Crippen LogP contribution is -2.40. The Hall–Kier alpha value is -1.36. The molecule has 0 unspecified atom stereocenters. The van der Waals surface area contributed by atoms with Crippen molar-refractivity contribution in [3.8, 4) is 0 Å². The van der Waals surface area contributed by atoms with Gasteiger partial charge in [-0.25, -0.2) is 0 Å². The van der Waals surface area contributed by atoms with Gasteiger partial charge in [-0.15, -0.1) is 0 Å². The number of aryl methyl sites for hydroxylation is 2. The second kappa shape index (κ2) is 4.34. The third-order valence-electron chi connectivity index (χ3n) is 4.40. The van der Waals surface area contributed by atoms with Crippen molar-refractivity contribution < 1.29 is 14.4 Å². The molecule has 1 saturated heterocycles. The third-order valence-corrected chi connectivity index (χ3v) is 4.40. The van der Waals surface area contributed by atoms with E-state index in [1.54, 1.807) is 11.8 Å². The molecule has 2 rings (SSSR count). The van der Waals surface area contributed by atoms with E-state index in [9.17, 15) is 9.90 Å². The molecule has 0 radical (unpaired) electrons. The molecule has 2 heterocycles. The molecule has 106 valence electrons. The summed E-state index contributed by atoms with van der Waals surface area (Å²) in [5.74, 6) is 0.705. The first-order valence-electron chi connectivity index (χ1n) is 6.56. The van der Waals surface area contributed by atoms with Crippen LogP contribution in [0.15, 0.2) is 4.52 Å². The van der Waals surface area contributed by atoms with Gasteiger partial charge in [0, 0.05) is 24.1 Å². The second-order valence-electron chi connectivity index (χ2n) is 6.39. The molecule has 0 spiro atoms. The Balaban J connectivity index is 2.11. The molecule has 1 amide bonds. The topological polar surface area (TPSA) is 66.6 Å². The molecule has 5 heteroatoms. The van der Waals surface area contributed by atoms with Gasteiger partial charge in [0.05, 0.1) is 17.7 Å². The Morgan fingerprint density at radius 2 is 2.00 bits per heavy atom. The van der Waals surface area contributed by atoms with Crippen LogP contribution in [0.5, 0.6) is 0 Å². The number of amides is 1. The first-order chi connectivity index (χ1) is 8.64. The summed E-state index contributed by atoms with van der Waals surface area (Å²) >= 11 is 0. The van der Waals surface area contributed by atoms with Crippen molar-refractivity contribution in [2.45, 2.75) is 46.6 Å². The number of rotatable bonds is 2. The maximum Gasteiger partial charge on any atom is 0.227 e. The van der Waals surface area contributed by atoms with Crippen LogP contribution in [-0.2, 0) is 11.2 Å². The van der Waals surface area contributed by atoms with Gasteiger partial charge < -0.3 is 14.5 Å². The highest BCUT2D eigenvalue weighted by Gasteiger charge is 2.49. The van der Waals surface area contributed by atoms with Crippen molar-refractivity contribution in [1.29, 1.82) is 0 Å². The zero-order chi connectivity index (χ0) is 14.4. The highest BCUT2D eigenvalue weighted by Crippen LogP contribution is 2.38. The van der Waals surface area contributed by atoms with E-state index in [0.29, 0.717) is 18.8 Å². The number of hydrogen-bond donors (Lipinski definition) is 1. The van der Waals surface area contributed by atoms with Crippen molar-refractivity contribution in [1.82, 2.24) is 10.1 Å². The molecule has 1 aromatic heterocycles. The lowest BCUT2D eigenvalue weighted by Gasteiger charge is -2.30. The zero-order valence-corrected chi connectivity index (χ0v) is 12.3. The highest BCUT2D eigenvalue weighted by molar-refractivity contribution is 5.79.